The van der Waals surface area contributed by atoms with Crippen LogP contribution in [0.2, 0.25) is 0 Å². The van der Waals surface area contributed by atoms with Gasteiger partial charge < -0.3 is 9.47 Å². The average molecular weight is 578 g/mol. The molecule has 0 bridgehead atoms. The summed E-state index contributed by atoms with van der Waals surface area (Å²) in [6, 6.07) is 13.4. The first-order chi connectivity index (χ1) is 19.3. The van der Waals surface area contributed by atoms with Crippen LogP contribution in [0.3, 0.4) is 0 Å². The number of methoxy groups -OCH3 is 1. The number of halogens is 6. The van der Waals surface area contributed by atoms with Crippen molar-refractivity contribution in [3.05, 3.63) is 100 Å². The van der Waals surface area contributed by atoms with Crippen LogP contribution in [0.1, 0.15) is 34.7 Å². The molecule has 1 aliphatic rings. The Hall–Kier alpha value is -4.48. The lowest BCUT2D eigenvalue weighted by Crippen LogP contribution is -2.32. The van der Waals surface area contributed by atoms with Gasteiger partial charge in [-0.05, 0) is 66.1 Å². The molecule has 0 saturated carbocycles. The van der Waals surface area contributed by atoms with Crippen molar-refractivity contribution in [2.24, 2.45) is 0 Å². The minimum Gasteiger partial charge on any atom is -0.493 e. The van der Waals surface area contributed by atoms with Crippen molar-refractivity contribution in [2.45, 2.75) is 32.4 Å². The summed E-state index contributed by atoms with van der Waals surface area (Å²) in [6.45, 7) is 1.86. The highest BCUT2D eigenvalue weighted by molar-refractivity contribution is 6.15. The van der Waals surface area contributed by atoms with Gasteiger partial charge in [0.15, 0.2) is 17.3 Å². The number of carbonyl (C=O) groups excluding carboxylic acids is 1. The van der Waals surface area contributed by atoms with Crippen LogP contribution in [0.15, 0.2) is 72.4 Å². The largest absolute Gasteiger partial charge is 0.493 e. The van der Waals surface area contributed by atoms with Crippen LogP contribution in [0.4, 0.5) is 31.1 Å². The summed E-state index contributed by atoms with van der Waals surface area (Å²) < 4.78 is 88.4. The normalized spacial score (nSPS) is 15.2. The third kappa shape index (κ3) is 6.64. The highest BCUT2D eigenvalue weighted by atomic mass is 19.4. The fourth-order valence-corrected chi connectivity index (χ4v) is 4.19. The number of urea groups is 1. The Morgan fingerprint density at radius 1 is 0.805 bits per heavy atom. The molecule has 1 aliphatic heterocycles. The topological polar surface area (TPSA) is 65.9 Å². The van der Waals surface area contributed by atoms with Gasteiger partial charge in [0.2, 0.25) is 0 Å². The molecule has 0 spiro atoms. The van der Waals surface area contributed by atoms with E-state index in [0.29, 0.717) is 28.2 Å². The SMILES string of the molecule is CCN1C(=N)/C(=C/c2ccc(OCc3ccc(C(F)(F)F)cc3)c(OC)c2)N(Cc2ccc(C(F)(F)F)cc2)C1=O. The van der Waals surface area contributed by atoms with Gasteiger partial charge in [-0.1, -0.05) is 30.3 Å². The number of hydrogen-bond donors (Lipinski definition) is 1. The van der Waals surface area contributed by atoms with E-state index in [1.54, 1.807) is 31.2 Å². The fraction of sp³-hybridized carbons (Fsp3) is 0.241. The number of amides is 2. The van der Waals surface area contributed by atoms with E-state index < -0.39 is 29.5 Å². The molecule has 0 radical (unpaired) electrons. The van der Waals surface area contributed by atoms with Crippen molar-refractivity contribution in [1.82, 2.24) is 9.80 Å². The van der Waals surface area contributed by atoms with Gasteiger partial charge in [0.1, 0.15) is 6.61 Å². The number of nitrogens with zero attached hydrogens (tertiary/aromatic N) is 2. The number of amidine groups is 1. The number of rotatable bonds is 8. The molecule has 4 rings (SSSR count). The summed E-state index contributed by atoms with van der Waals surface area (Å²) in [5.41, 5.74) is 0.195. The number of alkyl halides is 6. The molecule has 1 fully saturated rings. The van der Waals surface area contributed by atoms with Crippen LogP contribution < -0.4 is 9.47 Å². The smallest absolute Gasteiger partial charge is 0.416 e. The van der Waals surface area contributed by atoms with Gasteiger partial charge in [0.25, 0.3) is 0 Å². The van der Waals surface area contributed by atoms with Crippen molar-refractivity contribution >= 4 is 17.9 Å². The molecule has 1 N–H and O–H groups in total. The standard InChI is InChI=1S/C29H25F6N3O3/c1-3-37-26(36)23(38(27(37)39)16-18-4-9-21(10-5-18)28(30,31)32)14-20-8-13-24(25(15-20)40-2)41-17-19-6-11-22(12-7-19)29(33,34)35/h4-15,36H,3,16-17H2,1-2H3/b23-14-,36-26?. The van der Waals surface area contributed by atoms with Crippen LogP contribution in [0, 0.1) is 5.41 Å². The zero-order valence-electron chi connectivity index (χ0n) is 21.9. The first-order valence-electron chi connectivity index (χ1n) is 12.3. The zero-order chi connectivity index (χ0) is 29.9. The van der Waals surface area contributed by atoms with Gasteiger partial charge in [0.05, 0.1) is 30.5 Å². The number of likely N-dealkylation sites (N-methyl/N-ethyl adjacent to an activating group) is 1. The van der Waals surface area contributed by atoms with E-state index in [4.69, 9.17) is 14.9 Å². The molecule has 1 heterocycles. The summed E-state index contributed by atoms with van der Waals surface area (Å²) in [5.74, 6) is 0.568. The van der Waals surface area contributed by atoms with Crippen LogP contribution in [-0.2, 0) is 25.5 Å². The second-order valence-electron chi connectivity index (χ2n) is 9.08. The van der Waals surface area contributed by atoms with Crippen molar-refractivity contribution in [2.75, 3.05) is 13.7 Å². The molecule has 6 nitrogen and oxygen atoms in total. The second-order valence-corrected chi connectivity index (χ2v) is 9.08. The molecule has 41 heavy (non-hydrogen) atoms. The summed E-state index contributed by atoms with van der Waals surface area (Å²) in [5, 5.41) is 8.53. The zero-order valence-corrected chi connectivity index (χ0v) is 21.9. The Kier molecular flexibility index (Phi) is 8.32. The summed E-state index contributed by atoms with van der Waals surface area (Å²) in [4.78, 5) is 15.6. The van der Waals surface area contributed by atoms with E-state index >= 15 is 0 Å². The summed E-state index contributed by atoms with van der Waals surface area (Å²) in [7, 11) is 1.41. The van der Waals surface area contributed by atoms with E-state index in [9.17, 15) is 31.1 Å². The average Bonchev–Trinajstić information content (AvgIpc) is 3.15. The van der Waals surface area contributed by atoms with Crippen molar-refractivity contribution in [1.29, 1.82) is 5.41 Å². The Balaban J connectivity index is 1.55. The minimum atomic E-state index is -4.49. The number of benzene rings is 3. The van der Waals surface area contributed by atoms with Crippen molar-refractivity contribution in [3.63, 3.8) is 0 Å². The van der Waals surface area contributed by atoms with Gasteiger partial charge in [-0.3, -0.25) is 15.2 Å². The Labute approximate surface area is 231 Å². The van der Waals surface area contributed by atoms with Crippen molar-refractivity contribution in [3.8, 4) is 11.5 Å². The molecule has 1 saturated heterocycles. The van der Waals surface area contributed by atoms with Gasteiger partial charge in [-0.15, -0.1) is 0 Å². The van der Waals surface area contributed by atoms with Gasteiger partial charge in [-0.25, -0.2) is 4.79 Å². The predicted molar refractivity (Wildman–Crippen MR) is 139 cm³/mol. The maximum Gasteiger partial charge on any atom is 0.416 e. The van der Waals surface area contributed by atoms with Crippen LogP contribution in [-0.4, -0.2) is 35.3 Å². The third-order valence-electron chi connectivity index (χ3n) is 6.37. The van der Waals surface area contributed by atoms with E-state index in [1.807, 2.05) is 0 Å². The molecule has 12 heteroatoms. The Morgan fingerprint density at radius 2 is 1.37 bits per heavy atom. The van der Waals surface area contributed by atoms with Crippen molar-refractivity contribution < 1.29 is 40.6 Å². The molecule has 0 aliphatic carbocycles. The molecule has 216 valence electrons. The molecular weight excluding hydrogens is 552 g/mol. The van der Waals surface area contributed by atoms with Crippen LogP contribution in [0.25, 0.3) is 6.08 Å². The molecule has 0 atom stereocenters. The van der Waals surface area contributed by atoms with E-state index in [-0.39, 0.29) is 31.2 Å². The first-order valence-corrected chi connectivity index (χ1v) is 12.3. The lowest BCUT2D eigenvalue weighted by molar-refractivity contribution is -0.138. The van der Waals surface area contributed by atoms with Crippen LogP contribution >= 0.6 is 0 Å². The maximum absolute atomic E-state index is 13.0. The number of nitrogens with one attached hydrogen (secondary N) is 1. The number of ether oxygens (including phenoxy) is 2. The fourth-order valence-electron chi connectivity index (χ4n) is 4.19. The second kappa shape index (κ2) is 11.6. The molecular formula is C29H25F6N3O3. The predicted octanol–water partition coefficient (Wildman–Crippen LogP) is 7.59. The van der Waals surface area contributed by atoms with Gasteiger partial charge >= 0.3 is 18.4 Å². The maximum atomic E-state index is 13.0. The highest BCUT2D eigenvalue weighted by Crippen LogP contribution is 2.34. The Bertz CT molecular complexity index is 1450. The highest BCUT2D eigenvalue weighted by Gasteiger charge is 2.37. The summed E-state index contributed by atoms with van der Waals surface area (Å²) in [6.07, 6.45) is -7.34. The molecule has 3 aromatic carbocycles. The van der Waals surface area contributed by atoms with Gasteiger partial charge in [0, 0.05) is 6.54 Å². The molecule has 0 unspecified atom stereocenters. The number of carbonyl (C=O) groups is 1. The summed E-state index contributed by atoms with van der Waals surface area (Å²) >= 11 is 0. The van der Waals surface area contributed by atoms with E-state index in [0.717, 1.165) is 24.3 Å². The lowest BCUT2D eigenvalue weighted by Gasteiger charge is -2.18. The third-order valence-corrected chi connectivity index (χ3v) is 6.37. The van der Waals surface area contributed by atoms with E-state index in [2.05, 4.69) is 0 Å². The Morgan fingerprint density at radius 3 is 1.88 bits per heavy atom. The monoisotopic (exact) mass is 577 g/mol. The quantitative estimate of drug-likeness (QED) is 0.281. The molecule has 0 aromatic heterocycles. The molecule has 3 aromatic rings. The lowest BCUT2D eigenvalue weighted by atomic mass is 10.1. The number of hydrogen-bond acceptors (Lipinski definition) is 4. The molecule has 2 amide bonds. The first kappa shape index (κ1) is 29.5. The van der Waals surface area contributed by atoms with Gasteiger partial charge in [-0.2, -0.15) is 26.3 Å². The minimum absolute atomic E-state index is 0.0134. The van der Waals surface area contributed by atoms with E-state index in [1.165, 1.54) is 41.2 Å². The van der Waals surface area contributed by atoms with Crippen LogP contribution in [0.5, 0.6) is 11.5 Å².